The van der Waals surface area contributed by atoms with E-state index in [4.69, 9.17) is 5.73 Å². The number of unbranched alkanes of at least 4 members (excludes halogenated alkanes) is 3. The molecule has 1 unspecified atom stereocenters. The van der Waals surface area contributed by atoms with Gasteiger partial charge < -0.3 is 56.1 Å². The molecule has 5 heterocycles. The number of fused-ring (bicyclic) bond motifs is 3. The fraction of sp³-hybridized carbons (Fsp3) is 0.446. The standard InChI is InChI=1S/C56H65F2N10O12P/c1-65(2)31-43(34-13-8-6-9-14-34)62-50(72)41(21-24-47(59)69)61-53(75)46-22-19-37-26-27-66(32-44(55(77)68(37)46)63-51(73)42-29-35-28-36(18-20-40(35)60-42)56(57,58)81(78,79)80)49(71)17-10-5-3-4-7-12-33-15-11-16-38-39(33)30-67(54(38)76)45-23-25-48(70)64-52(45)74/h6,8-9,11,13-16,18,20,28-29,37,41,43-46,60H,3-5,10,17,19,21-27,30-32H2,1-2H3,(H2,59,69)(H,61,75)(H,62,72)(H,63,73)(H,64,70,74)(H2,78,79,80)/t37-,41+,43-,44+,45?,46+/m1/s1. The van der Waals surface area contributed by atoms with Crippen molar-refractivity contribution in [3.63, 3.8) is 0 Å². The molecule has 4 aliphatic rings. The van der Waals surface area contributed by atoms with E-state index in [9.17, 15) is 66.3 Å². The first-order valence-corrected chi connectivity index (χ1v) is 28.4. The molecule has 1 aromatic heterocycles. The van der Waals surface area contributed by atoms with Gasteiger partial charge in [-0.05, 0) is 100 Å². The quantitative estimate of drug-likeness (QED) is 0.0274. The summed E-state index contributed by atoms with van der Waals surface area (Å²) in [6.45, 7) is 0.379. The number of H-pyrrole nitrogens is 1. The van der Waals surface area contributed by atoms with Gasteiger partial charge in [-0.2, -0.15) is 8.78 Å². The lowest BCUT2D eigenvalue weighted by Crippen LogP contribution is -2.62. The highest BCUT2D eigenvalue weighted by Gasteiger charge is 2.51. The van der Waals surface area contributed by atoms with Crippen LogP contribution in [0.25, 0.3) is 10.9 Å². The molecule has 0 bridgehead atoms. The number of amides is 9. The molecule has 25 heteroatoms. The third kappa shape index (κ3) is 13.8. The van der Waals surface area contributed by atoms with Crippen molar-refractivity contribution in [2.75, 3.05) is 33.7 Å². The number of aromatic nitrogens is 1. The lowest BCUT2D eigenvalue weighted by molar-refractivity contribution is -0.145. The molecule has 0 spiro atoms. The van der Waals surface area contributed by atoms with E-state index in [1.807, 2.05) is 49.3 Å². The van der Waals surface area contributed by atoms with Gasteiger partial charge in [-0.1, -0.05) is 60.7 Å². The van der Waals surface area contributed by atoms with Crippen LogP contribution in [-0.2, 0) is 50.3 Å². The first-order chi connectivity index (χ1) is 38.5. The molecule has 0 radical (unpaired) electrons. The Bertz CT molecular complexity index is 3230. The van der Waals surface area contributed by atoms with E-state index in [1.54, 1.807) is 18.2 Å². The van der Waals surface area contributed by atoms with Gasteiger partial charge in [0.2, 0.25) is 41.4 Å². The Morgan fingerprint density at radius 3 is 2.40 bits per heavy atom. The number of imide groups is 1. The lowest BCUT2D eigenvalue weighted by atomic mass is 10.0. The smallest absolute Gasteiger partial charge is 0.370 e. The Balaban J connectivity index is 0.955. The average molecular weight is 1140 g/mol. The maximum absolute atomic E-state index is 15.0. The van der Waals surface area contributed by atoms with Gasteiger partial charge in [0.05, 0.1) is 6.04 Å². The molecule has 430 valence electrons. The van der Waals surface area contributed by atoms with Gasteiger partial charge >= 0.3 is 13.3 Å². The Morgan fingerprint density at radius 1 is 0.914 bits per heavy atom. The number of alkyl halides is 2. The number of nitrogens with zero attached hydrogens (tertiary/aromatic N) is 4. The van der Waals surface area contributed by atoms with Gasteiger partial charge in [0, 0.05) is 85.5 Å². The van der Waals surface area contributed by atoms with Crippen molar-refractivity contribution in [2.24, 2.45) is 5.73 Å². The molecule has 8 rings (SSSR count). The van der Waals surface area contributed by atoms with Gasteiger partial charge in [-0.15, -0.1) is 0 Å². The monoisotopic (exact) mass is 1140 g/mol. The molecule has 0 aliphatic carbocycles. The molecular weight excluding hydrogens is 1070 g/mol. The Morgan fingerprint density at radius 2 is 1.68 bits per heavy atom. The second-order valence-electron chi connectivity index (χ2n) is 21.1. The van der Waals surface area contributed by atoms with Crippen LogP contribution in [0, 0.1) is 11.8 Å². The molecular formula is C56H65F2N10O12P. The Kier molecular flexibility index (Phi) is 18.5. The summed E-state index contributed by atoms with van der Waals surface area (Å²) in [6.07, 6.45) is 2.88. The third-order valence-corrected chi connectivity index (χ3v) is 16.1. The number of aromatic amines is 1. The van der Waals surface area contributed by atoms with Crippen molar-refractivity contribution >= 4 is 71.7 Å². The molecule has 22 nitrogen and oxygen atoms in total. The molecule has 3 fully saturated rings. The predicted octanol–water partition coefficient (Wildman–Crippen LogP) is 3.02. The number of hydrogen-bond acceptors (Lipinski definition) is 11. The molecule has 9 N–H and O–H groups in total. The number of hydrogen-bond donors (Lipinski definition) is 8. The summed E-state index contributed by atoms with van der Waals surface area (Å²) >= 11 is 0. The maximum atomic E-state index is 15.0. The van der Waals surface area contributed by atoms with Crippen molar-refractivity contribution < 1.29 is 66.3 Å². The highest BCUT2D eigenvalue weighted by molar-refractivity contribution is 7.52. The number of likely N-dealkylation sites (N-methyl/N-ethyl adjacent to an activating group) is 1. The SMILES string of the molecule is CN(C)C[C@@H](NC(=O)[C@H](CCC(N)=O)NC(=O)[C@@H]1CC[C@@H]2CCN(C(=O)CCCCCC#Cc3cccc4c3CN(C3CCC(=O)NC3=O)C4=O)C[C@H](NC(=O)c3cc4cc(C(F)(F)P(=O)(O)O)ccc4[nH]3)C(=O)N21)c1ccccc1. The van der Waals surface area contributed by atoms with Crippen molar-refractivity contribution in [1.29, 1.82) is 0 Å². The number of nitrogens with two attached hydrogens (primary N) is 1. The summed E-state index contributed by atoms with van der Waals surface area (Å²) in [5, 5.41) is 10.7. The van der Waals surface area contributed by atoms with Gasteiger partial charge in [0.1, 0.15) is 29.9 Å². The van der Waals surface area contributed by atoms with E-state index < -0.39 is 90.5 Å². The fourth-order valence-corrected chi connectivity index (χ4v) is 11.4. The van der Waals surface area contributed by atoms with Crippen LogP contribution in [0.3, 0.4) is 0 Å². The molecule has 0 saturated carbocycles. The van der Waals surface area contributed by atoms with E-state index in [2.05, 4.69) is 38.1 Å². The third-order valence-electron chi connectivity index (χ3n) is 15.1. The molecule has 9 amide bonds. The molecule has 6 atom stereocenters. The summed E-state index contributed by atoms with van der Waals surface area (Å²) in [7, 11) is -2.26. The normalized spacial score (nSPS) is 20.1. The number of piperidine rings is 1. The van der Waals surface area contributed by atoms with E-state index in [0.29, 0.717) is 55.3 Å². The second kappa shape index (κ2) is 25.3. The van der Waals surface area contributed by atoms with Crippen LogP contribution in [0.15, 0.2) is 72.8 Å². The number of benzene rings is 3. The zero-order valence-electron chi connectivity index (χ0n) is 44.8. The highest BCUT2D eigenvalue weighted by atomic mass is 31.2. The first kappa shape index (κ1) is 59.3. The largest absolute Gasteiger partial charge is 0.399 e. The van der Waals surface area contributed by atoms with E-state index in [-0.39, 0.29) is 98.9 Å². The summed E-state index contributed by atoms with van der Waals surface area (Å²) in [6, 6.07) is 12.6. The minimum absolute atomic E-state index is 0.000870. The highest BCUT2D eigenvalue weighted by Crippen LogP contribution is 2.59. The van der Waals surface area contributed by atoms with Crippen LogP contribution in [0.4, 0.5) is 8.78 Å². The number of carbonyl (C=O) groups excluding carboxylic acids is 9. The minimum Gasteiger partial charge on any atom is -0.370 e. The molecule has 3 saturated heterocycles. The van der Waals surface area contributed by atoms with Crippen LogP contribution in [-0.4, -0.2) is 151 Å². The molecule has 81 heavy (non-hydrogen) atoms. The zero-order chi connectivity index (χ0) is 58.3. The van der Waals surface area contributed by atoms with Crippen LogP contribution in [0.1, 0.15) is 126 Å². The predicted molar refractivity (Wildman–Crippen MR) is 289 cm³/mol. The number of carbonyl (C=O) groups is 9. The van der Waals surface area contributed by atoms with Crippen LogP contribution < -0.4 is 27.0 Å². The maximum Gasteiger partial charge on any atom is 0.399 e. The summed E-state index contributed by atoms with van der Waals surface area (Å²) in [5.74, 6) is 1.19. The summed E-state index contributed by atoms with van der Waals surface area (Å²) in [5.41, 5.74) is 2.50. The first-order valence-electron chi connectivity index (χ1n) is 26.8. The number of halogens is 2. The topological polar surface area (TPSA) is 314 Å². The van der Waals surface area contributed by atoms with Crippen molar-refractivity contribution in [1.82, 2.24) is 45.9 Å². The van der Waals surface area contributed by atoms with Crippen LogP contribution in [0.5, 0.6) is 0 Å². The van der Waals surface area contributed by atoms with Gasteiger partial charge in [0.15, 0.2) is 0 Å². The fourth-order valence-electron chi connectivity index (χ4n) is 10.9. The van der Waals surface area contributed by atoms with Crippen LogP contribution in [0.2, 0.25) is 0 Å². The van der Waals surface area contributed by atoms with Gasteiger partial charge in [-0.25, -0.2) is 0 Å². The van der Waals surface area contributed by atoms with E-state index in [0.717, 1.165) is 23.8 Å². The van der Waals surface area contributed by atoms with Gasteiger partial charge in [-0.3, -0.25) is 53.0 Å². The number of primary amides is 1. The Hall–Kier alpha value is -7.84. The Labute approximate surface area is 465 Å². The average Bonchev–Trinajstić information content (AvgIpc) is 4.31. The summed E-state index contributed by atoms with van der Waals surface area (Å²) < 4.78 is 41.1. The van der Waals surface area contributed by atoms with Crippen molar-refractivity contribution in [3.8, 4) is 11.8 Å². The minimum atomic E-state index is -5.93. The zero-order valence-corrected chi connectivity index (χ0v) is 45.6. The molecule has 4 aliphatic heterocycles. The lowest BCUT2D eigenvalue weighted by Gasteiger charge is -2.39. The van der Waals surface area contributed by atoms with Gasteiger partial charge in [0.25, 0.3) is 11.8 Å². The van der Waals surface area contributed by atoms with E-state index >= 15 is 0 Å². The van der Waals surface area contributed by atoms with Crippen molar-refractivity contribution in [3.05, 3.63) is 106 Å². The molecule has 4 aromatic rings. The molecule has 3 aromatic carbocycles. The number of rotatable bonds is 20. The number of nitrogens with one attached hydrogen (secondary N) is 5. The van der Waals surface area contributed by atoms with Crippen molar-refractivity contribution in [2.45, 2.75) is 126 Å². The second-order valence-corrected chi connectivity index (χ2v) is 22.8. The van der Waals surface area contributed by atoms with Crippen LogP contribution >= 0.6 is 7.60 Å². The van der Waals surface area contributed by atoms with E-state index in [1.165, 1.54) is 20.8 Å². The summed E-state index contributed by atoms with van der Waals surface area (Å²) in [4.78, 5) is 149.